The molecule has 0 spiro atoms. The first kappa shape index (κ1) is 19.3. The summed E-state index contributed by atoms with van der Waals surface area (Å²) in [6.45, 7) is 3.19. The molecular formula is C20H24Cl2NO3+. The molecule has 1 aliphatic rings. The van der Waals surface area contributed by atoms with Crippen molar-refractivity contribution in [3.63, 3.8) is 0 Å². The zero-order valence-corrected chi connectivity index (χ0v) is 16.4. The van der Waals surface area contributed by atoms with Crippen molar-refractivity contribution in [2.75, 3.05) is 20.3 Å². The third-order valence-corrected chi connectivity index (χ3v) is 5.18. The first-order valence-corrected chi connectivity index (χ1v) is 9.58. The molecule has 26 heavy (non-hydrogen) atoms. The lowest BCUT2D eigenvalue weighted by Crippen LogP contribution is -2.84. The van der Waals surface area contributed by atoms with Crippen LogP contribution in [-0.2, 0) is 17.9 Å². The number of hydrogen-bond donors (Lipinski definition) is 1. The van der Waals surface area contributed by atoms with Gasteiger partial charge in [-0.05, 0) is 48.7 Å². The van der Waals surface area contributed by atoms with Crippen LogP contribution >= 0.6 is 23.2 Å². The Bertz CT molecular complexity index is 733. The molecule has 0 amide bonds. The lowest BCUT2D eigenvalue weighted by Gasteiger charge is -2.13. The van der Waals surface area contributed by atoms with Crippen LogP contribution in [0.25, 0.3) is 0 Å². The Morgan fingerprint density at radius 3 is 2.65 bits per heavy atom. The maximum absolute atomic E-state index is 6.05. The van der Waals surface area contributed by atoms with E-state index in [-0.39, 0.29) is 0 Å². The molecule has 0 aromatic heterocycles. The summed E-state index contributed by atoms with van der Waals surface area (Å²) in [5, 5.41) is 3.34. The Kier molecular flexibility index (Phi) is 7.03. The second-order valence-corrected chi connectivity index (χ2v) is 7.20. The summed E-state index contributed by atoms with van der Waals surface area (Å²) < 4.78 is 17.0. The van der Waals surface area contributed by atoms with Crippen LogP contribution in [0.3, 0.4) is 0 Å². The molecule has 0 radical (unpaired) electrons. The summed E-state index contributed by atoms with van der Waals surface area (Å²) in [7, 11) is 1.65. The number of rotatable bonds is 8. The average molecular weight is 397 g/mol. The van der Waals surface area contributed by atoms with E-state index in [4.69, 9.17) is 37.4 Å². The number of halogens is 2. The summed E-state index contributed by atoms with van der Waals surface area (Å²) in [6, 6.07) is 11.5. The minimum absolute atomic E-state index is 0.394. The van der Waals surface area contributed by atoms with E-state index in [2.05, 4.69) is 11.4 Å². The number of methoxy groups -OCH3 is 1. The molecule has 2 aromatic rings. The monoisotopic (exact) mass is 396 g/mol. The highest BCUT2D eigenvalue weighted by Crippen LogP contribution is 2.29. The van der Waals surface area contributed by atoms with Gasteiger partial charge >= 0.3 is 0 Å². The number of quaternary nitrogens is 1. The Labute approximate surface area is 164 Å². The number of ether oxygens (including phenoxy) is 3. The van der Waals surface area contributed by atoms with Crippen molar-refractivity contribution in [3.8, 4) is 11.5 Å². The lowest BCUT2D eigenvalue weighted by atomic mass is 10.2. The molecule has 2 N–H and O–H groups in total. The number of nitrogens with two attached hydrogens (primary N) is 1. The van der Waals surface area contributed by atoms with Gasteiger partial charge in [-0.1, -0.05) is 29.3 Å². The largest absolute Gasteiger partial charge is 0.493 e. The summed E-state index contributed by atoms with van der Waals surface area (Å²) in [5.74, 6) is 1.44. The predicted molar refractivity (Wildman–Crippen MR) is 103 cm³/mol. The lowest BCUT2D eigenvalue weighted by molar-refractivity contribution is -0.676. The molecular weight excluding hydrogens is 373 g/mol. The highest BCUT2D eigenvalue weighted by molar-refractivity contribution is 6.42. The van der Waals surface area contributed by atoms with Gasteiger partial charge in [-0.25, -0.2) is 0 Å². The van der Waals surface area contributed by atoms with Gasteiger partial charge in [-0.2, -0.15) is 0 Å². The van der Waals surface area contributed by atoms with Crippen LogP contribution in [0, 0.1) is 0 Å². The van der Waals surface area contributed by atoms with Crippen molar-refractivity contribution in [2.45, 2.75) is 32.1 Å². The first-order valence-electron chi connectivity index (χ1n) is 8.82. The molecule has 1 heterocycles. The third kappa shape index (κ3) is 5.27. The predicted octanol–water partition coefficient (Wildman–Crippen LogP) is 3.82. The Balaban J connectivity index is 1.56. The van der Waals surface area contributed by atoms with Crippen LogP contribution in [-0.4, -0.2) is 26.4 Å². The fourth-order valence-electron chi connectivity index (χ4n) is 3.01. The van der Waals surface area contributed by atoms with E-state index in [0.717, 1.165) is 31.0 Å². The summed E-state index contributed by atoms with van der Waals surface area (Å²) in [6.07, 6.45) is 2.74. The molecule has 0 unspecified atom stereocenters. The second-order valence-electron chi connectivity index (χ2n) is 6.39. The zero-order chi connectivity index (χ0) is 18.4. The standard InChI is InChI=1S/C20H23Cl2NO3/c1-24-20-10-14(11-23-12-16-3-2-8-25-16)5-7-19(20)26-13-15-4-6-17(21)18(22)9-15/h4-7,9-10,16,23H,2-3,8,11-13H2,1H3/p+1/t16-/m0/s1. The molecule has 1 atom stereocenters. The van der Waals surface area contributed by atoms with Gasteiger partial charge in [-0.3, -0.25) is 0 Å². The summed E-state index contributed by atoms with van der Waals surface area (Å²) >= 11 is 12.0. The van der Waals surface area contributed by atoms with Crippen LogP contribution in [0.2, 0.25) is 10.0 Å². The van der Waals surface area contributed by atoms with Crippen LogP contribution in [0.15, 0.2) is 36.4 Å². The van der Waals surface area contributed by atoms with Gasteiger partial charge in [0, 0.05) is 12.2 Å². The minimum Gasteiger partial charge on any atom is -0.493 e. The highest BCUT2D eigenvalue weighted by Gasteiger charge is 2.17. The Hall–Kier alpha value is -1.46. The van der Waals surface area contributed by atoms with Crippen LogP contribution < -0.4 is 14.8 Å². The quantitative estimate of drug-likeness (QED) is 0.737. The van der Waals surface area contributed by atoms with Crippen molar-refractivity contribution in [1.29, 1.82) is 0 Å². The molecule has 1 aliphatic heterocycles. The molecule has 140 valence electrons. The SMILES string of the molecule is COc1cc(C[NH2+]C[C@@H]2CCCO2)ccc1OCc1ccc(Cl)c(Cl)c1. The second kappa shape index (κ2) is 9.47. The van der Waals surface area contributed by atoms with Crippen LogP contribution in [0.4, 0.5) is 0 Å². The van der Waals surface area contributed by atoms with E-state index in [9.17, 15) is 0 Å². The van der Waals surface area contributed by atoms with E-state index in [1.165, 1.54) is 18.4 Å². The van der Waals surface area contributed by atoms with Gasteiger partial charge in [0.15, 0.2) is 11.5 Å². The molecule has 1 saturated heterocycles. The minimum atomic E-state index is 0.394. The molecule has 0 bridgehead atoms. The fraction of sp³-hybridized carbons (Fsp3) is 0.400. The first-order chi connectivity index (χ1) is 12.7. The van der Waals surface area contributed by atoms with Gasteiger partial charge in [-0.15, -0.1) is 0 Å². The molecule has 0 saturated carbocycles. The van der Waals surface area contributed by atoms with Gasteiger partial charge in [0.05, 0.1) is 17.2 Å². The third-order valence-electron chi connectivity index (χ3n) is 4.44. The van der Waals surface area contributed by atoms with Gasteiger partial charge in [0.1, 0.15) is 25.8 Å². The van der Waals surface area contributed by atoms with Crippen LogP contribution in [0.5, 0.6) is 11.5 Å². The smallest absolute Gasteiger partial charge is 0.161 e. The van der Waals surface area contributed by atoms with Crippen molar-refractivity contribution in [3.05, 3.63) is 57.6 Å². The molecule has 1 fully saturated rings. The van der Waals surface area contributed by atoms with Gasteiger partial charge in [0.25, 0.3) is 0 Å². The van der Waals surface area contributed by atoms with E-state index in [1.807, 2.05) is 24.3 Å². The molecule has 6 heteroatoms. The molecule has 3 rings (SSSR count). The summed E-state index contributed by atoms with van der Waals surface area (Å²) in [5.41, 5.74) is 2.15. The normalized spacial score (nSPS) is 16.7. The topological polar surface area (TPSA) is 44.3 Å². The maximum atomic E-state index is 6.05. The van der Waals surface area contributed by atoms with E-state index < -0.39 is 0 Å². The zero-order valence-electron chi connectivity index (χ0n) is 14.8. The van der Waals surface area contributed by atoms with E-state index in [0.29, 0.717) is 28.5 Å². The molecule has 0 aliphatic carbocycles. The van der Waals surface area contributed by atoms with Crippen molar-refractivity contribution in [2.24, 2.45) is 0 Å². The molecule has 2 aromatic carbocycles. The fourth-order valence-corrected chi connectivity index (χ4v) is 3.34. The van der Waals surface area contributed by atoms with E-state index >= 15 is 0 Å². The van der Waals surface area contributed by atoms with Gasteiger partial charge < -0.3 is 19.5 Å². The average Bonchev–Trinajstić information content (AvgIpc) is 3.16. The van der Waals surface area contributed by atoms with Crippen molar-refractivity contribution >= 4 is 23.2 Å². The Morgan fingerprint density at radius 2 is 1.92 bits per heavy atom. The molecule has 4 nitrogen and oxygen atoms in total. The summed E-state index contributed by atoms with van der Waals surface area (Å²) in [4.78, 5) is 0. The van der Waals surface area contributed by atoms with Crippen molar-refractivity contribution in [1.82, 2.24) is 0 Å². The number of benzene rings is 2. The maximum Gasteiger partial charge on any atom is 0.161 e. The van der Waals surface area contributed by atoms with Gasteiger partial charge in [0.2, 0.25) is 0 Å². The number of hydrogen-bond acceptors (Lipinski definition) is 3. The van der Waals surface area contributed by atoms with E-state index in [1.54, 1.807) is 13.2 Å². The highest BCUT2D eigenvalue weighted by atomic mass is 35.5. The Morgan fingerprint density at radius 1 is 1.08 bits per heavy atom. The van der Waals surface area contributed by atoms with Crippen molar-refractivity contribution < 1.29 is 19.5 Å². The van der Waals surface area contributed by atoms with Crippen LogP contribution in [0.1, 0.15) is 24.0 Å².